The number of rotatable bonds is 8. The first-order valence-corrected chi connectivity index (χ1v) is 11.5. The first-order chi connectivity index (χ1) is 17.1. The van der Waals surface area contributed by atoms with Crippen LogP contribution in [-0.4, -0.2) is 49.9 Å². The smallest absolute Gasteiger partial charge is 0.253 e. The van der Waals surface area contributed by atoms with Gasteiger partial charge in [-0.25, -0.2) is 0 Å². The Labute approximate surface area is 203 Å². The van der Waals surface area contributed by atoms with Crippen molar-refractivity contribution in [2.45, 2.75) is 18.9 Å². The van der Waals surface area contributed by atoms with Gasteiger partial charge in [-0.05, 0) is 54.8 Å². The molecule has 0 spiro atoms. The lowest BCUT2D eigenvalue weighted by Crippen LogP contribution is -2.41. The van der Waals surface area contributed by atoms with Gasteiger partial charge in [0.05, 0.1) is 0 Å². The van der Waals surface area contributed by atoms with E-state index in [9.17, 15) is 9.59 Å². The normalized spacial score (nSPS) is 13.9. The van der Waals surface area contributed by atoms with Gasteiger partial charge in [0.1, 0.15) is 0 Å². The zero-order valence-electron chi connectivity index (χ0n) is 19.4. The SMILES string of the molecule is CN(C(=O)c1ccc2c(c1)OCO2)[C@H](CCNC(=O)c1ccc2c(c1)OCO2)Cc1ccccc1. The molecule has 2 aliphatic heterocycles. The second-order valence-corrected chi connectivity index (χ2v) is 8.44. The van der Waals surface area contributed by atoms with Gasteiger partial charge in [0.15, 0.2) is 23.0 Å². The number of amides is 2. The number of ether oxygens (including phenoxy) is 4. The molecule has 35 heavy (non-hydrogen) atoms. The number of nitrogens with one attached hydrogen (secondary N) is 1. The molecule has 0 bridgehead atoms. The van der Waals surface area contributed by atoms with Crippen molar-refractivity contribution in [3.8, 4) is 23.0 Å². The van der Waals surface area contributed by atoms with E-state index in [1.54, 1.807) is 48.3 Å². The number of fused-ring (bicyclic) bond motifs is 2. The molecule has 8 nitrogen and oxygen atoms in total. The van der Waals surface area contributed by atoms with Gasteiger partial charge in [0.25, 0.3) is 11.8 Å². The predicted octanol–water partition coefficient (Wildman–Crippen LogP) is 3.65. The minimum atomic E-state index is -0.202. The number of carbonyl (C=O) groups is 2. The second kappa shape index (κ2) is 9.97. The molecule has 0 saturated heterocycles. The highest BCUT2D eigenvalue weighted by Gasteiger charge is 2.24. The lowest BCUT2D eigenvalue weighted by molar-refractivity contribution is 0.0722. The molecule has 2 amide bonds. The second-order valence-electron chi connectivity index (χ2n) is 8.44. The molecule has 2 aliphatic rings. The number of hydrogen-bond donors (Lipinski definition) is 1. The third-order valence-electron chi connectivity index (χ3n) is 6.20. The Balaban J connectivity index is 1.26. The van der Waals surface area contributed by atoms with Crippen molar-refractivity contribution in [1.82, 2.24) is 10.2 Å². The van der Waals surface area contributed by atoms with Crippen molar-refractivity contribution in [1.29, 1.82) is 0 Å². The molecule has 8 heteroatoms. The first-order valence-electron chi connectivity index (χ1n) is 11.5. The van der Waals surface area contributed by atoms with Crippen LogP contribution >= 0.6 is 0 Å². The van der Waals surface area contributed by atoms with Crippen LogP contribution in [0.2, 0.25) is 0 Å². The maximum absolute atomic E-state index is 13.3. The van der Waals surface area contributed by atoms with Crippen LogP contribution in [0.5, 0.6) is 23.0 Å². The summed E-state index contributed by atoms with van der Waals surface area (Å²) in [7, 11) is 1.79. The number of likely N-dealkylation sites (N-methyl/N-ethyl adjacent to an activating group) is 1. The van der Waals surface area contributed by atoms with Crippen LogP contribution in [-0.2, 0) is 6.42 Å². The molecule has 0 fully saturated rings. The van der Waals surface area contributed by atoms with Crippen molar-refractivity contribution >= 4 is 11.8 Å². The fourth-order valence-corrected chi connectivity index (χ4v) is 4.21. The summed E-state index contributed by atoms with van der Waals surface area (Å²) >= 11 is 0. The van der Waals surface area contributed by atoms with Crippen molar-refractivity contribution in [2.24, 2.45) is 0 Å². The average molecular weight is 475 g/mol. The van der Waals surface area contributed by atoms with E-state index >= 15 is 0 Å². The van der Waals surface area contributed by atoms with Crippen LogP contribution in [0, 0.1) is 0 Å². The summed E-state index contributed by atoms with van der Waals surface area (Å²) in [6.45, 7) is 0.720. The Morgan fingerprint density at radius 2 is 1.43 bits per heavy atom. The zero-order valence-corrected chi connectivity index (χ0v) is 19.4. The molecule has 2 heterocycles. The summed E-state index contributed by atoms with van der Waals surface area (Å²) in [5.74, 6) is 2.08. The van der Waals surface area contributed by atoms with E-state index in [0.717, 1.165) is 5.56 Å². The van der Waals surface area contributed by atoms with Crippen LogP contribution in [0.1, 0.15) is 32.7 Å². The monoisotopic (exact) mass is 474 g/mol. The Morgan fingerprint density at radius 3 is 2.11 bits per heavy atom. The van der Waals surface area contributed by atoms with Crippen molar-refractivity contribution < 1.29 is 28.5 Å². The molecule has 0 radical (unpaired) electrons. The summed E-state index contributed by atoms with van der Waals surface area (Å²) in [4.78, 5) is 27.8. The highest BCUT2D eigenvalue weighted by molar-refractivity contribution is 5.95. The van der Waals surface area contributed by atoms with Crippen LogP contribution in [0.3, 0.4) is 0 Å². The molecule has 0 saturated carbocycles. The Hall–Kier alpha value is -4.20. The lowest BCUT2D eigenvalue weighted by atomic mass is 10.0. The molecule has 3 aromatic rings. The summed E-state index contributed by atoms with van der Waals surface area (Å²) in [6.07, 6.45) is 1.24. The largest absolute Gasteiger partial charge is 0.454 e. The van der Waals surface area contributed by atoms with Gasteiger partial charge in [0, 0.05) is 30.8 Å². The molecule has 0 aromatic heterocycles. The average Bonchev–Trinajstić information content (AvgIpc) is 3.56. The quantitative estimate of drug-likeness (QED) is 0.537. The molecule has 3 aromatic carbocycles. The van der Waals surface area contributed by atoms with Gasteiger partial charge >= 0.3 is 0 Å². The molecule has 0 aliphatic carbocycles. The fourth-order valence-electron chi connectivity index (χ4n) is 4.21. The fraction of sp³-hybridized carbons (Fsp3) is 0.259. The highest BCUT2D eigenvalue weighted by Crippen LogP contribution is 2.33. The zero-order chi connectivity index (χ0) is 24.2. The lowest BCUT2D eigenvalue weighted by Gasteiger charge is -2.29. The van der Waals surface area contributed by atoms with E-state index in [2.05, 4.69) is 5.32 Å². The van der Waals surface area contributed by atoms with E-state index in [0.29, 0.717) is 53.5 Å². The van der Waals surface area contributed by atoms with E-state index in [4.69, 9.17) is 18.9 Å². The van der Waals surface area contributed by atoms with Gasteiger partial charge in [-0.1, -0.05) is 30.3 Å². The van der Waals surface area contributed by atoms with Gasteiger partial charge in [0.2, 0.25) is 13.6 Å². The number of benzene rings is 3. The topological polar surface area (TPSA) is 86.3 Å². The first kappa shape index (κ1) is 22.6. The predicted molar refractivity (Wildman–Crippen MR) is 128 cm³/mol. The maximum atomic E-state index is 13.3. The maximum Gasteiger partial charge on any atom is 0.253 e. The van der Waals surface area contributed by atoms with Crippen LogP contribution < -0.4 is 24.3 Å². The number of nitrogens with zero attached hydrogens (tertiary/aromatic N) is 1. The number of carbonyl (C=O) groups excluding carboxylic acids is 2. The number of hydrogen-bond acceptors (Lipinski definition) is 6. The standard InChI is InChI=1S/C27H26N2O6/c1-29(27(31)20-8-10-23-25(15-20)35-17-33-23)21(13-18-5-3-2-4-6-18)11-12-28-26(30)19-7-9-22-24(14-19)34-16-32-22/h2-10,14-15,21H,11-13,16-17H2,1H3,(H,28,30)/t21-/m1/s1. The Bertz CT molecular complexity index is 1230. The highest BCUT2D eigenvalue weighted by atomic mass is 16.7. The van der Waals surface area contributed by atoms with Gasteiger partial charge in [-0.2, -0.15) is 0 Å². The summed E-state index contributed by atoms with van der Waals surface area (Å²) in [6, 6.07) is 20.2. The molecule has 180 valence electrons. The van der Waals surface area contributed by atoms with E-state index in [1.165, 1.54) is 0 Å². The molecule has 1 N–H and O–H groups in total. The van der Waals surface area contributed by atoms with E-state index < -0.39 is 0 Å². The van der Waals surface area contributed by atoms with Crippen LogP contribution in [0.4, 0.5) is 0 Å². The van der Waals surface area contributed by atoms with Gasteiger partial charge in [-0.15, -0.1) is 0 Å². The summed E-state index contributed by atoms with van der Waals surface area (Å²) in [5, 5.41) is 2.96. The third kappa shape index (κ3) is 5.01. The minimum absolute atomic E-state index is 0.119. The summed E-state index contributed by atoms with van der Waals surface area (Å²) < 4.78 is 21.5. The third-order valence-corrected chi connectivity index (χ3v) is 6.20. The Kier molecular flexibility index (Phi) is 6.43. The van der Waals surface area contributed by atoms with Crippen molar-refractivity contribution in [3.05, 3.63) is 83.4 Å². The van der Waals surface area contributed by atoms with Crippen molar-refractivity contribution in [2.75, 3.05) is 27.2 Å². The summed E-state index contributed by atoms with van der Waals surface area (Å²) in [5.41, 5.74) is 2.14. The molecular formula is C27H26N2O6. The minimum Gasteiger partial charge on any atom is -0.454 e. The molecule has 5 rings (SSSR count). The van der Waals surface area contributed by atoms with Crippen LogP contribution in [0.25, 0.3) is 0 Å². The molecular weight excluding hydrogens is 448 g/mol. The van der Waals surface area contributed by atoms with Crippen molar-refractivity contribution in [3.63, 3.8) is 0 Å². The van der Waals surface area contributed by atoms with E-state index in [-0.39, 0.29) is 31.4 Å². The Morgan fingerprint density at radius 1 is 0.829 bits per heavy atom. The van der Waals surface area contributed by atoms with Gasteiger partial charge in [-0.3, -0.25) is 9.59 Å². The molecule has 0 unspecified atom stereocenters. The van der Waals surface area contributed by atoms with Gasteiger partial charge < -0.3 is 29.2 Å². The molecule has 1 atom stereocenters. The van der Waals surface area contributed by atoms with E-state index in [1.807, 2.05) is 30.3 Å². The van der Waals surface area contributed by atoms with Crippen LogP contribution in [0.15, 0.2) is 66.7 Å².